The van der Waals surface area contributed by atoms with E-state index in [2.05, 4.69) is 41.3 Å². The van der Waals surface area contributed by atoms with Crippen molar-refractivity contribution in [3.8, 4) is 0 Å². The van der Waals surface area contributed by atoms with Gasteiger partial charge in [-0.05, 0) is 22.8 Å². The van der Waals surface area contributed by atoms with E-state index in [-0.39, 0.29) is 0 Å². The number of alkyl halides is 1. The van der Waals surface area contributed by atoms with E-state index in [4.69, 9.17) is 0 Å². The van der Waals surface area contributed by atoms with Crippen molar-refractivity contribution in [1.82, 2.24) is 5.32 Å². The Bertz CT molecular complexity index is 114. The molecule has 3 heteroatoms. The Balaban J connectivity index is 2.28. The molecule has 0 fully saturated rings. The second kappa shape index (κ2) is 4.20. The summed E-state index contributed by atoms with van der Waals surface area (Å²) in [6.07, 6.45) is 4.80. The van der Waals surface area contributed by atoms with Gasteiger partial charge in [-0.25, -0.2) is 0 Å². The second-order valence-corrected chi connectivity index (χ2v) is 2.97. The molecule has 0 saturated carbocycles. The van der Waals surface area contributed by atoms with E-state index in [1.165, 1.54) is 18.4 Å². The topological polar surface area (TPSA) is 12.0 Å². The van der Waals surface area contributed by atoms with Crippen molar-refractivity contribution in [2.75, 3.05) is 10.9 Å². The summed E-state index contributed by atoms with van der Waals surface area (Å²) in [6, 6.07) is 0. The first-order valence-electron chi connectivity index (χ1n) is 3.26. The van der Waals surface area contributed by atoms with Crippen molar-refractivity contribution in [3.05, 3.63) is 11.7 Å². The highest BCUT2D eigenvalue weighted by Gasteiger charge is 2.00. The molecule has 49 valence electrons. The zero-order chi connectivity index (χ0) is 6.53. The minimum Gasteiger partial charge on any atom is -0.397 e. The van der Waals surface area contributed by atoms with Crippen LogP contribution in [0.5, 0.6) is 0 Å². The van der Waals surface area contributed by atoms with Crippen LogP contribution in [-0.4, -0.2) is 18.2 Å². The lowest BCUT2D eigenvalue weighted by molar-refractivity contribution is 0.715. The summed E-state index contributed by atoms with van der Waals surface area (Å²) in [5.74, 6) is 0. The normalized spacial score (nSPS) is 18.1. The smallest absolute Gasteiger partial charge is 0.185 e. The van der Waals surface area contributed by atoms with E-state index in [0.717, 1.165) is 10.9 Å². The lowest BCUT2D eigenvalue weighted by atomic mass is 9.76. The first-order chi connectivity index (χ1) is 4.43. The van der Waals surface area contributed by atoms with Crippen LogP contribution < -0.4 is 5.32 Å². The standard InChI is InChI=1S/C6H10BIN/c8-5-7-6-3-1-2-4-9-6/h3,9H,1-2,4-5H2. The van der Waals surface area contributed by atoms with Crippen LogP contribution in [0.15, 0.2) is 11.7 Å². The van der Waals surface area contributed by atoms with Gasteiger partial charge in [-0.3, -0.25) is 0 Å². The number of nitrogens with one attached hydrogen (secondary N) is 1. The van der Waals surface area contributed by atoms with Gasteiger partial charge >= 0.3 is 0 Å². The number of hydrogen-bond acceptors (Lipinski definition) is 1. The van der Waals surface area contributed by atoms with Crippen molar-refractivity contribution in [2.24, 2.45) is 0 Å². The third-order valence-corrected chi connectivity index (χ3v) is 1.81. The van der Waals surface area contributed by atoms with Gasteiger partial charge in [0.15, 0.2) is 7.28 Å². The van der Waals surface area contributed by atoms with Gasteiger partial charge in [-0.1, -0.05) is 28.7 Å². The zero-order valence-corrected chi connectivity index (χ0v) is 7.52. The van der Waals surface area contributed by atoms with Gasteiger partial charge in [0.2, 0.25) is 0 Å². The van der Waals surface area contributed by atoms with E-state index >= 15 is 0 Å². The maximum Gasteiger partial charge on any atom is 0.185 e. The molecule has 1 nitrogen and oxygen atoms in total. The third-order valence-electron chi connectivity index (χ3n) is 1.37. The fourth-order valence-electron chi connectivity index (χ4n) is 0.903. The molecule has 1 N–H and O–H groups in total. The molecule has 0 aliphatic carbocycles. The Morgan fingerprint density at radius 3 is 3.22 bits per heavy atom. The highest BCUT2D eigenvalue weighted by Crippen LogP contribution is 2.01. The molecule has 1 aliphatic rings. The lowest BCUT2D eigenvalue weighted by Crippen LogP contribution is -2.23. The maximum atomic E-state index is 3.32. The predicted molar refractivity (Wildman–Crippen MR) is 50.0 cm³/mol. The molecule has 1 aliphatic heterocycles. The number of allylic oxidation sites excluding steroid dienone is 1. The van der Waals surface area contributed by atoms with Gasteiger partial charge in [-0.15, -0.1) is 0 Å². The Morgan fingerprint density at radius 1 is 1.78 bits per heavy atom. The average molecular weight is 234 g/mol. The van der Waals surface area contributed by atoms with Crippen LogP contribution in [0.2, 0.25) is 0 Å². The van der Waals surface area contributed by atoms with Gasteiger partial charge < -0.3 is 5.32 Å². The van der Waals surface area contributed by atoms with E-state index < -0.39 is 0 Å². The highest BCUT2D eigenvalue weighted by atomic mass is 127. The number of rotatable bonds is 2. The SMILES string of the molecule is IC[B]C1=CCCCN1. The summed E-state index contributed by atoms with van der Waals surface area (Å²) >= 11 is 2.35. The first-order valence-corrected chi connectivity index (χ1v) is 4.79. The maximum absolute atomic E-state index is 3.32. The molecule has 0 aromatic heterocycles. The van der Waals surface area contributed by atoms with Crippen LogP contribution in [0.1, 0.15) is 12.8 Å². The molecule has 1 rings (SSSR count). The molecule has 0 aromatic rings. The van der Waals surface area contributed by atoms with Crippen LogP contribution in [0, 0.1) is 0 Å². The molecule has 1 heterocycles. The summed E-state index contributed by atoms with van der Waals surface area (Å²) in [6.45, 7) is 1.15. The molecular weight excluding hydrogens is 224 g/mol. The average Bonchev–Trinajstić information content (AvgIpc) is 1.91. The summed E-state index contributed by atoms with van der Waals surface area (Å²) < 4.78 is 1.11. The zero-order valence-electron chi connectivity index (χ0n) is 5.36. The predicted octanol–water partition coefficient (Wildman–Crippen LogP) is 1.31. The van der Waals surface area contributed by atoms with Crippen LogP contribution in [0.25, 0.3) is 0 Å². The Hall–Kier alpha value is 0.335. The molecule has 0 spiro atoms. The largest absolute Gasteiger partial charge is 0.397 e. The molecule has 0 bridgehead atoms. The number of hydrogen-bond donors (Lipinski definition) is 1. The summed E-state index contributed by atoms with van der Waals surface area (Å²) in [7, 11) is 2.22. The fraction of sp³-hybridized carbons (Fsp3) is 0.667. The van der Waals surface area contributed by atoms with E-state index in [0.29, 0.717) is 0 Å². The monoisotopic (exact) mass is 234 g/mol. The molecule has 0 unspecified atom stereocenters. The third kappa shape index (κ3) is 2.60. The molecule has 0 aromatic carbocycles. The van der Waals surface area contributed by atoms with Gasteiger partial charge in [0, 0.05) is 6.54 Å². The Morgan fingerprint density at radius 2 is 2.67 bits per heavy atom. The van der Waals surface area contributed by atoms with Crippen LogP contribution in [0.4, 0.5) is 0 Å². The molecule has 0 amide bonds. The second-order valence-electron chi connectivity index (χ2n) is 2.09. The van der Waals surface area contributed by atoms with Gasteiger partial charge in [0.25, 0.3) is 0 Å². The van der Waals surface area contributed by atoms with E-state index in [9.17, 15) is 0 Å². The van der Waals surface area contributed by atoms with E-state index in [1.807, 2.05) is 0 Å². The molecule has 1 radical (unpaired) electrons. The Labute approximate surface area is 70.7 Å². The fourth-order valence-corrected chi connectivity index (χ4v) is 1.38. The minimum absolute atomic E-state index is 1.11. The van der Waals surface area contributed by atoms with Crippen molar-refractivity contribution >= 4 is 29.9 Å². The molecule has 0 atom stereocenters. The van der Waals surface area contributed by atoms with Crippen LogP contribution in [0.3, 0.4) is 0 Å². The van der Waals surface area contributed by atoms with E-state index in [1.54, 1.807) is 0 Å². The lowest BCUT2D eigenvalue weighted by Gasteiger charge is -2.13. The van der Waals surface area contributed by atoms with Crippen LogP contribution >= 0.6 is 22.6 Å². The first kappa shape index (κ1) is 7.44. The summed E-state index contributed by atoms with van der Waals surface area (Å²) in [5, 5.41) is 3.32. The minimum atomic E-state index is 1.11. The van der Waals surface area contributed by atoms with Gasteiger partial charge in [0.05, 0.1) is 0 Å². The van der Waals surface area contributed by atoms with Crippen molar-refractivity contribution < 1.29 is 0 Å². The van der Waals surface area contributed by atoms with Gasteiger partial charge in [-0.2, -0.15) is 0 Å². The number of halogens is 1. The van der Waals surface area contributed by atoms with Gasteiger partial charge in [0.1, 0.15) is 0 Å². The molecule has 9 heavy (non-hydrogen) atoms. The molecular formula is C6H10BIN. The van der Waals surface area contributed by atoms with Crippen molar-refractivity contribution in [1.29, 1.82) is 0 Å². The highest BCUT2D eigenvalue weighted by molar-refractivity contribution is 14.1. The molecule has 0 saturated heterocycles. The summed E-state index contributed by atoms with van der Waals surface area (Å²) in [5.41, 5.74) is 1.33. The quantitative estimate of drug-likeness (QED) is 0.431. The summed E-state index contributed by atoms with van der Waals surface area (Å²) in [4.78, 5) is 0. The van der Waals surface area contributed by atoms with Crippen molar-refractivity contribution in [3.63, 3.8) is 0 Å². The van der Waals surface area contributed by atoms with Crippen molar-refractivity contribution in [2.45, 2.75) is 12.8 Å². The Kier molecular flexibility index (Phi) is 3.47. The van der Waals surface area contributed by atoms with Crippen LogP contribution in [-0.2, 0) is 0 Å².